The highest BCUT2D eigenvalue weighted by Gasteiger charge is 2.13. The number of nitrogens with zero attached hydrogens (tertiary/aromatic N) is 2. The lowest BCUT2D eigenvalue weighted by Crippen LogP contribution is -2.11. The van der Waals surface area contributed by atoms with E-state index in [1.165, 1.54) is 0 Å². The quantitative estimate of drug-likeness (QED) is 0.529. The van der Waals surface area contributed by atoms with E-state index in [0.717, 1.165) is 16.9 Å². The molecule has 3 aromatic carbocycles. The molecule has 1 heterocycles. The summed E-state index contributed by atoms with van der Waals surface area (Å²) in [5.41, 5.74) is 2.38. The topological polar surface area (TPSA) is 77.2 Å². The van der Waals surface area contributed by atoms with E-state index in [0.29, 0.717) is 17.2 Å². The zero-order valence-electron chi connectivity index (χ0n) is 15.1. The maximum atomic E-state index is 12.4. The smallest absolute Gasteiger partial charge is 0.322 e. The average Bonchev–Trinajstić information content (AvgIpc) is 3.18. The van der Waals surface area contributed by atoms with E-state index in [-0.39, 0.29) is 11.9 Å². The fraction of sp³-hybridized carbons (Fsp3) is 0.0455. The zero-order valence-corrected chi connectivity index (χ0v) is 15.1. The number of carbonyl (C=O) groups is 1. The van der Waals surface area contributed by atoms with E-state index in [4.69, 9.17) is 9.15 Å². The number of aromatic nitrogens is 2. The molecule has 4 aromatic rings. The van der Waals surface area contributed by atoms with Crippen LogP contribution in [0.4, 0.5) is 6.01 Å². The molecule has 6 heteroatoms. The summed E-state index contributed by atoms with van der Waals surface area (Å²) in [6.45, 7) is 2.00. The Morgan fingerprint density at radius 3 is 2.25 bits per heavy atom. The number of para-hydroxylation sites is 1. The van der Waals surface area contributed by atoms with Crippen molar-refractivity contribution in [1.29, 1.82) is 0 Å². The number of aryl methyl sites for hydroxylation is 1. The molecular formula is C22H17N3O3. The van der Waals surface area contributed by atoms with Gasteiger partial charge in [0.2, 0.25) is 5.89 Å². The highest BCUT2D eigenvalue weighted by Crippen LogP contribution is 2.23. The number of anilines is 1. The number of hydrogen-bond acceptors (Lipinski definition) is 5. The van der Waals surface area contributed by atoms with Gasteiger partial charge in [-0.15, -0.1) is 5.10 Å². The van der Waals surface area contributed by atoms with Crippen LogP contribution < -0.4 is 10.1 Å². The van der Waals surface area contributed by atoms with Gasteiger partial charge in [0.15, 0.2) is 0 Å². The Morgan fingerprint density at radius 1 is 0.857 bits per heavy atom. The molecule has 1 aromatic heterocycles. The second-order valence-electron chi connectivity index (χ2n) is 6.17. The summed E-state index contributed by atoms with van der Waals surface area (Å²) in [5, 5.41) is 10.5. The average molecular weight is 371 g/mol. The maximum absolute atomic E-state index is 12.4. The van der Waals surface area contributed by atoms with E-state index in [1.54, 1.807) is 24.3 Å². The van der Waals surface area contributed by atoms with Gasteiger partial charge in [-0.2, -0.15) is 0 Å². The Morgan fingerprint density at radius 2 is 1.54 bits per heavy atom. The van der Waals surface area contributed by atoms with Crippen LogP contribution in [0.25, 0.3) is 11.5 Å². The lowest BCUT2D eigenvalue weighted by Gasteiger charge is -2.06. The maximum Gasteiger partial charge on any atom is 0.322 e. The number of nitrogens with one attached hydrogen (secondary N) is 1. The van der Waals surface area contributed by atoms with Crippen LogP contribution in [0.15, 0.2) is 83.3 Å². The molecule has 0 fully saturated rings. The Hall–Kier alpha value is -3.93. The lowest BCUT2D eigenvalue weighted by molar-refractivity contribution is 0.102. The van der Waals surface area contributed by atoms with Gasteiger partial charge in [-0.3, -0.25) is 10.1 Å². The number of ether oxygens (including phenoxy) is 1. The van der Waals surface area contributed by atoms with Crippen molar-refractivity contribution in [3.8, 4) is 23.0 Å². The second-order valence-corrected chi connectivity index (χ2v) is 6.17. The van der Waals surface area contributed by atoms with Crippen LogP contribution in [-0.4, -0.2) is 16.1 Å². The first-order chi connectivity index (χ1) is 13.7. The summed E-state index contributed by atoms with van der Waals surface area (Å²) in [7, 11) is 0. The minimum atomic E-state index is -0.342. The summed E-state index contributed by atoms with van der Waals surface area (Å²) < 4.78 is 11.2. The first kappa shape index (κ1) is 17.5. The van der Waals surface area contributed by atoms with E-state index in [1.807, 2.05) is 61.5 Å². The third-order valence-corrected chi connectivity index (χ3v) is 4.04. The second kappa shape index (κ2) is 7.75. The van der Waals surface area contributed by atoms with Crippen LogP contribution in [0, 0.1) is 6.92 Å². The predicted octanol–water partition coefficient (Wildman–Crippen LogP) is 5.09. The minimum absolute atomic E-state index is 0.0465. The van der Waals surface area contributed by atoms with Crippen molar-refractivity contribution in [1.82, 2.24) is 10.2 Å². The molecule has 28 heavy (non-hydrogen) atoms. The van der Waals surface area contributed by atoms with Crippen molar-refractivity contribution in [3.63, 3.8) is 0 Å². The van der Waals surface area contributed by atoms with Crippen molar-refractivity contribution in [2.24, 2.45) is 0 Å². The summed E-state index contributed by atoms with van der Waals surface area (Å²) in [4.78, 5) is 12.4. The van der Waals surface area contributed by atoms with Crippen LogP contribution in [0.5, 0.6) is 11.5 Å². The number of rotatable bonds is 5. The van der Waals surface area contributed by atoms with Crippen molar-refractivity contribution in [2.45, 2.75) is 6.92 Å². The third kappa shape index (κ3) is 4.07. The Bertz CT molecular complexity index is 1070. The van der Waals surface area contributed by atoms with Crippen LogP contribution in [-0.2, 0) is 0 Å². The van der Waals surface area contributed by atoms with Crippen molar-refractivity contribution >= 4 is 11.9 Å². The van der Waals surface area contributed by atoms with Gasteiger partial charge in [0.25, 0.3) is 5.91 Å². The minimum Gasteiger partial charge on any atom is -0.457 e. The molecular weight excluding hydrogens is 354 g/mol. The fourth-order valence-corrected chi connectivity index (χ4v) is 2.55. The molecule has 0 unspecified atom stereocenters. The molecule has 0 aliphatic heterocycles. The molecule has 0 saturated heterocycles. The fourth-order valence-electron chi connectivity index (χ4n) is 2.55. The first-order valence-electron chi connectivity index (χ1n) is 8.72. The summed E-state index contributed by atoms with van der Waals surface area (Å²) in [6.07, 6.45) is 0. The molecule has 1 N–H and O–H groups in total. The Balaban J connectivity index is 1.42. The molecule has 138 valence electrons. The van der Waals surface area contributed by atoms with Gasteiger partial charge < -0.3 is 9.15 Å². The van der Waals surface area contributed by atoms with Crippen LogP contribution in [0.2, 0.25) is 0 Å². The van der Waals surface area contributed by atoms with Gasteiger partial charge in [-0.05, 0) is 55.5 Å². The largest absolute Gasteiger partial charge is 0.457 e. The molecule has 1 amide bonds. The molecule has 4 rings (SSSR count). The van der Waals surface area contributed by atoms with E-state index < -0.39 is 0 Å². The van der Waals surface area contributed by atoms with Gasteiger partial charge in [-0.1, -0.05) is 41.0 Å². The van der Waals surface area contributed by atoms with E-state index in [2.05, 4.69) is 15.5 Å². The normalized spacial score (nSPS) is 10.5. The van der Waals surface area contributed by atoms with Crippen LogP contribution >= 0.6 is 0 Å². The standard InChI is InChI=1S/C22H17N3O3/c1-15-7-9-17(10-8-15)21-24-25-22(28-21)23-20(26)16-11-13-19(14-12-16)27-18-5-3-2-4-6-18/h2-14H,1H3,(H,23,25,26). The monoisotopic (exact) mass is 371 g/mol. The zero-order chi connectivity index (χ0) is 19.3. The molecule has 0 saturated carbocycles. The lowest BCUT2D eigenvalue weighted by atomic mass is 10.1. The van der Waals surface area contributed by atoms with Crippen molar-refractivity contribution in [3.05, 3.63) is 90.0 Å². The number of hydrogen-bond donors (Lipinski definition) is 1. The van der Waals surface area contributed by atoms with Gasteiger partial charge in [0, 0.05) is 11.1 Å². The summed E-state index contributed by atoms with van der Waals surface area (Å²) in [5.74, 6) is 1.38. The molecule has 0 atom stereocenters. The number of amides is 1. The van der Waals surface area contributed by atoms with Crippen molar-refractivity contribution in [2.75, 3.05) is 5.32 Å². The van der Waals surface area contributed by atoms with E-state index in [9.17, 15) is 4.79 Å². The van der Waals surface area contributed by atoms with Gasteiger partial charge in [-0.25, -0.2) is 0 Å². The third-order valence-electron chi connectivity index (χ3n) is 4.04. The highest BCUT2D eigenvalue weighted by molar-refractivity contribution is 6.03. The summed E-state index contributed by atoms with van der Waals surface area (Å²) in [6, 6.07) is 24.0. The van der Waals surface area contributed by atoms with Crippen molar-refractivity contribution < 1.29 is 13.9 Å². The van der Waals surface area contributed by atoms with E-state index >= 15 is 0 Å². The molecule has 0 bridgehead atoms. The SMILES string of the molecule is Cc1ccc(-c2nnc(NC(=O)c3ccc(Oc4ccccc4)cc3)o2)cc1. The molecule has 0 aliphatic rings. The predicted molar refractivity (Wildman–Crippen MR) is 105 cm³/mol. The number of benzene rings is 3. The Labute approximate surface area is 161 Å². The first-order valence-corrected chi connectivity index (χ1v) is 8.72. The number of carbonyl (C=O) groups excluding carboxylic acids is 1. The van der Waals surface area contributed by atoms with Crippen LogP contribution in [0.3, 0.4) is 0 Å². The molecule has 0 aliphatic carbocycles. The molecule has 6 nitrogen and oxygen atoms in total. The van der Waals surface area contributed by atoms with Gasteiger partial charge >= 0.3 is 6.01 Å². The molecule has 0 radical (unpaired) electrons. The Kier molecular flexibility index (Phi) is 4.84. The molecule has 0 spiro atoms. The highest BCUT2D eigenvalue weighted by atomic mass is 16.5. The van der Waals surface area contributed by atoms with Gasteiger partial charge in [0.05, 0.1) is 0 Å². The summed E-state index contributed by atoms with van der Waals surface area (Å²) >= 11 is 0. The van der Waals surface area contributed by atoms with Crippen LogP contribution in [0.1, 0.15) is 15.9 Å². The van der Waals surface area contributed by atoms with Gasteiger partial charge in [0.1, 0.15) is 11.5 Å².